The Morgan fingerprint density at radius 1 is 0.973 bits per heavy atom. The normalized spacial score (nSPS) is 19.4. The Bertz CT molecular complexity index is 950. The van der Waals surface area contributed by atoms with Crippen molar-refractivity contribution in [2.75, 3.05) is 0 Å². The minimum Gasteiger partial charge on any atom is -0.493 e. The van der Waals surface area contributed by atoms with E-state index in [1.54, 1.807) is 0 Å². The molecule has 1 aliphatic rings. The number of rotatable bonds is 11. The highest BCUT2D eigenvalue weighted by atomic mass is 28.4. The molecule has 3 atom stereocenters. The lowest BCUT2D eigenvalue weighted by Crippen LogP contribution is -2.47. The van der Waals surface area contributed by atoms with Crippen molar-refractivity contribution in [3.05, 3.63) is 66.5 Å². The van der Waals surface area contributed by atoms with Crippen molar-refractivity contribution in [1.29, 1.82) is 0 Å². The molecular formula is C31H50O4Si2. The van der Waals surface area contributed by atoms with Crippen LogP contribution < -0.4 is 0 Å². The van der Waals surface area contributed by atoms with Crippen LogP contribution >= 0.6 is 0 Å². The Morgan fingerprint density at radius 2 is 1.57 bits per heavy atom. The molecule has 0 unspecified atom stereocenters. The van der Waals surface area contributed by atoms with Crippen LogP contribution in [0.25, 0.3) is 6.08 Å². The fourth-order valence-electron chi connectivity index (χ4n) is 3.57. The van der Waals surface area contributed by atoms with Gasteiger partial charge in [-0.3, -0.25) is 4.79 Å². The van der Waals surface area contributed by atoms with Gasteiger partial charge in [0.15, 0.2) is 22.4 Å². The van der Waals surface area contributed by atoms with Crippen LogP contribution in [-0.2, 0) is 18.4 Å². The summed E-state index contributed by atoms with van der Waals surface area (Å²) in [6.45, 7) is 22.9. The van der Waals surface area contributed by atoms with E-state index in [9.17, 15) is 4.79 Å². The summed E-state index contributed by atoms with van der Waals surface area (Å²) < 4.78 is 19.5. The van der Waals surface area contributed by atoms with E-state index in [1.165, 1.54) is 17.9 Å². The second-order valence-electron chi connectivity index (χ2n) is 13.2. The largest absolute Gasteiger partial charge is 0.493 e. The van der Waals surface area contributed by atoms with E-state index >= 15 is 0 Å². The molecule has 0 saturated heterocycles. The monoisotopic (exact) mass is 542 g/mol. The van der Waals surface area contributed by atoms with Crippen LogP contribution in [0.15, 0.2) is 60.9 Å². The molecule has 4 nitrogen and oxygen atoms in total. The first-order chi connectivity index (χ1) is 17.0. The van der Waals surface area contributed by atoms with Crippen LogP contribution in [0.5, 0.6) is 0 Å². The number of allylic oxidation sites excluding steroid dienone is 1. The van der Waals surface area contributed by atoms with Gasteiger partial charge in [-0.15, -0.1) is 0 Å². The van der Waals surface area contributed by atoms with E-state index < -0.39 is 16.6 Å². The molecule has 37 heavy (non-hydrogen) atoms. The summed E-state index contributed by atoms with van der Waals surface area (Å²) in [4.78, 5) is 11.8. The van der Waals surface area contributed by atoms with E-state index in [0.29, 0.717) is 6.42 Å². The maximum absolute atomic E-state index is 11.8. The van der Waals surface area contributed by atoms with E-state index in [-0.39, 0.29) is 34.2 Å². The van der Waals surface area contributed by atoms with Gasteiger partial charge in [-0.25, -0.2) is 0 Å². The standard InChI is InChI=1S/C31H50O4Si2/c1-30(2,3)36(7,8)34-28(18-14-17-27-23-26(32)21-22-33-27)24-29(35-37(9,10)31(4,5)6)20-19-25-15-12-11-13-16-25/h11-17,19-22,27-29H,18,23-24H2,1-10H3/b17-14+,20-19+/t27-,28+,29+/m1/s1. The first-order valence-electron chi connectivity index (χ1n) is 13.6. The van der Waals surface area contributed by atoms with Crippen molar-refractivity contribution in [2.24, 2.45) is 0 Å². The van der Waals surface area contributed by atoms with Crippen molar-refractivity contribution in [3.8, 4) is 0 Å². The topological polar surface area (TPSA) is 44.8 Å². The molecule has 1 aliphatic heterocycles. The van der Waals surface area contributed by atoms with E-state index in [2.05, 4.69) is 110 Å². The number of ether oxygens (including phenoxy) is 1. The Balaban J connectivity index is 2.31. The van der Waals surface area contributed by atoms with Crippen LogP contribution in [0, 0.1) is 0 Å². The summed E-state index contributed by atoms with van der Waals surface area (Å²) in [5.74, 6) is 0.101. The molecule has 1 aromatic rings. The number of carbonyl (C=O) groups is 1. The van der Waals surface area contributed by atoms with Crippen LogP contribution in [0.4, 0.5) is 0 Å². The quantitative estimate of drug-likeness (QED) is 0.207. The third kappa shape index (κ3) is 10.2. The van der Waals surface area contributed by atoms with Gasteiger partial charge in [0.25, 0.3) is 0 Å². The van der Waals surface area contributed by atoms with Gasteiger partial charge in [-0.05, 0) is 54.3 Å². The second-order valence-corrected chi connectivity index (χ2v) is 22.7. The Hall–Kier alpha value is -1.74. The molecule has 0 saturated carbocycles. The average Bonchev–Trinajstić information content (AvgIpc) is 2.76. The van der Waals surface area contributed by atoms with Crippen molar-refractivity contribution >= 4 is 28.5 Å². The van der Waals surface area contributed by atoms with Gasteiger partial charge in [0, 0.05) is 12.5 Å². The first kappa shape index (κ1) is 31.5. The highest BCUT2D eigenvalue weighted by Crippen LogP contribution is 2.40. The Kier molecular flexibility index (Phi) is 11.0. The lowest BCUT2D eigenvalue weighted by Gasteiger charge is -2.42. The van der Waals surface area contributed by atoms with Crippen molar-refractivity contribution in [2.45, 2.75) is 115 Å². The minimum absolute atomic E-state index is 0.00201. The smallest absolute Gasteiger partial charge is 0.192 e. The summed E-state index contributed by atoms with van der Waals surface area (Å²) >= 11 is 0. The third-order valence-electron chi connectivity index (χ3n) is 7.98. The second kappa shape index (κ2) is 12.9. The molecule has 0 aromatic heterocycles. The van der Waals surface area contributed by atoms with Gasteiger partial charge in [-0.2, -0.15) is 0 Å². The zero-order valence-electron chi connectivity index (χ0n) is 24.8. The minimum atomic E-state index is -2.02. The average molecular weight is 543 g/mol. The lowest BCUT2D eigenvalue weighted by atomic mass is 10.1. The molecule has 1 heterocycles. The van der Waals surface area contributed by atoms with Gasteiger partial charge in [0.2, 0.25) is 0 Å². The fourth-order valence-corrected chi connectivity index (χ4v) is 6.24. The number of benzene rings is 1. The predicted octanol–water partition coefficient (Wildman–Crippen LogP) is 8.69. The summed E-state index contributed by atoms with van der Waals surface area (Å²) in [5.41, 5.74) is 1.17. The highest BCUT2D eigenvalue weighted by Gasteiger charge is 2.41. The molecular weight excluding hydrogens is 493 g/mol. The predicted molar refractivity (Wildman–Crippen MR) is 162 cm³/mol. The van der Waals surface area contributed by atoms with Crippen molar-refractivity contribution in [1.82, 2.24) is 0 Å². The first-order valence-corrected chi connectivity index (χ1v) is 19.4. The van der Waals surface area contributed by atoms with Crippen LogP contribution in [-0.4, -0.2) is 40.7 Å². The molecule has 0 aliphatic carbocycles. The molecule has 0 fully saturated rings. The van der Waals surface area contributed by atoms with Crippen LogP contribution in [0.3, 0.4) is 0 Å². The van der Waals surface area contributed by atoms with E-state index in [1.807, 2.05) is 12.1 Å². The molecule has 0 amide bonds. The molecule has 206 valence electrons. The van der Waals surface area contributed by atoms with Gasteiger partial charge < -0.3 is 13.6 Å². The van der Waals surface area contributed by atoms with E-state index in [4.69, 9.17) is 13.6 Å². The lowest BCUT2D eigenvalue weighted by molar-refractivity contribution is -0.117. The fraction of sp³-hybridized carbons (Fsp3) is 0.581. The summed E-state index contributed by atoms with van der Waals surface area (Å²) in [7, 11) is -4.03. The summed E-state index contributed by atoms with van der Waals surface area (Å²) in [6, 6.07) is 10.4. The van der Waals surface area contributed by atoms with Crippen molar-refractivity contribution in [3.63, 3.8) is 0 Å². The zero-order chi connectivity index (χ0) is 27.9. The molecule has 1 aromatic carbocycles. The highest BCUT2D eigenvalue weighted by molar-refractivity contribution is 6.74. The van der Waals surface area contributed by atoms with Crippen LogP contribution in [0.1, 0.15) is 66.4 Å². The zero-order valence-corrected chi connectivity index (χ0v) is 26.8. The van der Waals surface area contributed by atoms with E-state index in [0.717, 1.165) is 12.8 Å². The Labute approximate surface area is 228 Å². The van der Waals surface area contributed by atoms with Crippen molar-refractivity contribution < 1.29 is 18.4 Å². The number of carbonyl (C=O) groups excluding carboxylic acids is 1. The molecule has 2 rings (SSSR count). The summed E-state index contributed by atoms with van der Waals surface area (Å²) in [6.07, 6.45) is 13.2. The molecule has 0 radical (unpaired) electrons. The van der Waals surface area contributed by atoms with Gasteiger partial charge in [0.1, 0.15) is 6.10 Å². The molecule has 0 N–H and O–H groups in total. The maximum Gasteiger partial charge on any atom is 0.192 e. The number of hydrogen-bond acceptors (Lipinski definition) is 4. The Morgan fingerprint density at radius 3 is 2.14 bits per heavy atom. The van der Waals surface area contributed by atoms with Gasteiger partial charge >= 0.3 is 0 Å². The number of ketones is 1. The molecule has 0 spiro atoms. The van der Waals surface area contributed by atoms with Gasteiger partial charge in [-0.1, -0.05) is 90.1 Å². The molecule has 0 bridgehead atoms. The van der Waals surface area contributed by atoms with Gasteiger partial charge in [0.05, 0.1) is 24.9 Å². The summed E-state index contributed by atoms with van der Waals surface area (Å²) in [5, 5.41) is 0.216. The molecule has 6 heteroatoms. The SMILES string of the molecule is CC(C)(C)[Si](C)(C)O[C@@H](C/C=C/[C@@H]1CC(=O)C=CO1)C[C@H](/C=C/c1ccccc1)O[Si](C)(C)C(C)(C)C. The van der Waals surface area contributed by atoms with Crippen LogP contribution in [0.2, 0.25) is 36.3 Å². The third-order valence-corrected chi connectivity index (χ3v) is 17.0. The number of hydrogen-bond donors (Lipinski definition) is 0. The maximum atomic E-state index is 11.8.